The van der Waals surface area contributed by atoms with Gasteiger partial charge in [0.25, 0.3) is 5.91 Å². The lowest BCUT2D eigenvalue weighted by Crippen LogP contribution is -2.15. The number of hydrogen-bond acceptors (Lipinski definition) is 4. The van der Waals surface area contributed by atoms with Crippen molar-refractivity contribution in [3.05, 3.63) is 53.9 Å². The Kier molecular flexibility index (Phi) is 3.66. The van der Waals surface area contributed by atoms with E-state index in [1.807, 2.05) is 25.1 Å². The van der Waals surface area contributed by atoms with Crippen molar-refractivity contribution >= 4 is 17.3 Å². The Morgan fingerprint density at radius 3 is 2.74 bits per heavy atom. The van der Waals surface area contributed by atoms with Gasteiger partial charge in [-0.3, -0.25) is 9.78 Å². The predicted octanol–water partition coefficient (Wildman–Crippen LogP) is 1.94. The highest BCUT2D eigenvalue weighted by Gasteiger charge is 2.10. The second kappa shape index (κ2) is 5.39. The van der Waals surface area contributed by atoms with E-state index in [0.717, 1.165) is 11.4 Å². The third kappa shape index (κ3) is 3.01. The molecule has 19 heavy (non-hydrogen) atoms. The maximum Gasteiger partial charge on any atom is 0.250 e. The van der Waals surface area contributed by atoms with Crippen LogP contribution in [0.5, 0.6) is 0 Å². The molecule has 1 atom stereocenters. The molecule has 0 saturated heterocycles. The summed E-state index contributed by atoms with van der Waals surface area (Å²) < 4.78 is 0. The zero-order valence-electron chi connectivity index (χ0n) is 10.6. The van der Waals surface area contributed by atoms with Crippen LogP contribution in [0.15, 0.2) is 42.6 Å². The van der Waals surface area contributed by atoms with Gasteiger partial charge in [-0.15, -0.1) is 0 Å². The number of carbonyl (C=O) groups excluding carboxylic acids is 1. The van der Waals surface area contributed by atoms with Crippen molar-refractivity contribution in [1.82, 2.24) is 4.98 Å². The highest BCUT2D eigenvalue weighted by molar-refractivity contribution is 5.98. The maximum atomic E-state index is 11.2. The number of primary amides is 1. The summed E-state index contributed by atoms with van der Waals surface area (Å²) in [6, 6.07) is 10.9. The van der Waals surface area contributed by atoms with Gasteiger partial charge >= 0.3 is 0 Å². The first-order chi connectivity index (χ1) is 9.08. The van der Waals surface area contributed by atoms with Crippen molar-refractivity contribution < 1.29 is 4.79 Å². The number of nitrogen functional groups attached to an aromatic ring is 1. The summed E-state index contributed by atoms with van der Waals surface area (Å²) in [7, 11) is 0. The average molecular weight is 256 g/mol. The normalized spacial score (nSPS) is 11.8. The number of pyridine rings is 1. The molecule has 0 aliphatic rings. The molecule has 0 aliphatic carbocycles. The topological polar surface area (TPSA) is 94.0 Å². The van der Waals surface area contributed by atoms with Crippen molar-refractivity contribution in [3.63, 3.8) is 0 Å². The molecule has 0 bridgehead atoms. The van der Waals surface area contributed by atoms with E-state index in [0.29, 0.717) is 11.3 Å². The minimum Gasteiger partial charge on any atom is -0.398 e. The molecule has 5 heteroatoms. The lowest BCUT2D eigenvalue weighted by atomic mass is 10.1. The Morgan fingerprint density at radius 1 is 1.32 bits per heavy atom. The van der Waals surface area contributed by atoms with Crippen molar-refractivity contribution in [1.29, 1.82) is 0 Å². The summed E-state index contributed by atoms with van der Waals surface area (Å²) in [5, 5.41) is 3.25. The number of hydrogen-bond donors (Lipinski definition) is 3. The molecule has 0 radical (unpaired) electrons. The van der Waals surface area contributed by atoms with Crippen LogP contribution >= 0.6 is 0 Å². The van der Waals surface area contributed by atoms with E-state index in [4.69, 9.17) is 11.5 Å². The van der Waals surface area contributed by atoms with Crippen LogP contribution < -0.4 is 16.8 Å². The smallest absolute Gasteiger partial charge is 0.250 e. The number of anilines is 2. The molecule has 5 nitrogen and oxygen atoms in total. The van der Waals surface area contributed by atoms with Crippen molar-refractivity contribution in [3.8, 4) is 0 Å². The number of amides is 1. The van der Waals surface area contributed by atoms with E-state index < -0.39 is 5.91 Å². The molecule has 5 N–H and O–H groups in total. The third-order valence-electron chi connectivity index (χ3n) is 2.83. The van der Waals surface area contributed by atoms with E-state index in [2.05, 4.69) is 10.3 Å². The lowest BCUT2D eigenvalue weighted by Gasteiger charge is -2.15. The Bertz CT molecular complexity index is 583. The van der Waals surface area contributed by atoms with E-state index in [1.54, 1.807) is 24.4 Å². The highest BCUT2D eigenvalue weighted by Crippen LogP contribution is 2.21. The number of nitrogens with one attached hydrogen (secondary N) is 1. The standard InChI is InChI=1S/C14H16N4O/c1-9(13-4-2-3-7-17-13)18-10-5-6-12(15)11(8-10)14(16)19/h2-9,18H,15H2,1H3,(H2,16,19). The van der Waals surface area contributed by atoms with Gasteiger partial charge in [0, 0.05) is 17.6 Å². The average Bonchev–Trinajstić information content (AvgIpc) is 2.41. The van der Waals surface area contributed by atoms with Gasteiger partial charge in [0.15, 0.2) is 0 Å². The van der Waals surface area contributed by atoms with Gasteiger partial charge < -0.3 is 16.8 Å². The molecular formula is C14H16N4O. The zero-order chi connectivity index (χ0) is 13.8. The summed E-state index contributed by atoms with van der Waals surface area (Å²) >= 11 is 0. The molecule has 2 rings (SSSR count). The minimum atomic E-state index is -0.536. The molecule has 1 unspecified atom stereocenters. The van der Waals surface area contributed by atoms with Crippen molar-refractivity contribution in [2.24, 2.45) is 5.73 Å². The summed E-state index contributed by atoms with van der Waals surface area (Å²) in [6.45, 7) is 1.99. The Balaban J connectivity index is 2.20. The van der Waals surface area contributed by atoms with Gasteiger partial charge in [0.1, 0.15) is 0 Å². The number of nitrogens with zero attached hydrogens (tertiary/aromatic N) is 1. The largest absolute Gasteiger partial charge is 0.398 e. The van der Waals surface area contributed by atoms with Gasteiger partial charge in [0.2, 0.25) is 0 Å². The van der Waals surface area contributed by atoms with Gasteiger partial charge in [-0.1, -0.05) is 6.07 Å². The molecule has 0 saturated carbocycles. The fourth-order valence-electron chi connectivity index (χ4n) is 1.82. The van der Waals surface area contributed by atoms with Crippen LogP contribution in [-0.2, 0) is 0 Å². The van der Waals surface area contributed by atoms with Crippen molar-refractivity contribution in [2.75, 3.05) is 11.1 Å². The Labute approximate surface area is 111 Å². The molecule has 1 aromatic carbocycles. The number of nitrogens with two attached hydrogens (primary N) is 2. The Hall–Kier alpha value is -2.56. The van der Waals surface area contributed by atoms with Crippen LogP contribution in [0, 0.1) is 0 Å². The maximum absolute atomic E-state index is 11.2. The number of carbonyl (C=O) groups is 1. The zero-order valence-corrected chi connectivity index (χ0v) is 10.6. The van der Waals surface area contributed by atoms with E-state index in [9.17, 15) is 4.79 Å². The summed E-state index contributed by atoms with van der Waals surface area (Å²) in [6.07, 6.45) is 1.74. The quantitative estimate of drug-likeness (QED) is 0.728. The third-order valence-corrected chi connectivity index (χ3v) is 2.83. The molecule has 1 heterocycles. The van der Waals surface area contributed by atoms with Crippen LogP contribution in [0.2, 0.25) is 0 Å². The van der Waals surface area contributed by atoms with Crippen molar-refractivity contribution in [2.45, 2.75) is 13.0 Å². The molecule has 1 amide bonds. The number of aromatic nitrogens is 1. The van der Waals surface area contributed by atoms with Gasteiger partial charge in [-0.25, -0.2) is 0 Å². The fourth-order valence-corrected chi connectivity index (χ4v) is 1.82. The molecule has 1 aromatic heterocycles. The van der Waals surface area contributed by atoms with E-state index in [-0.39, 0.29) is 6.04 Å². The van der Waals surface area contributed by atoms with Gasteiger partial charge in [0.05, 0.1) is 17.3 Å². The molecular weight excluding hydrogens is 240 g/mol. The fraction of sp³-hybridized carbons (Fsp3) is 0.143. The van der Waals surface area contributed by atoms with E-state index in [1.165, 1.54) is 0 Å². The van der Waals surface area contributed by atoms with Gasteiger partial charge in [-0.05, 0) is 37.3 Å². The molecule has 98 valence electrons. The molecule has 2 aromatic rings. The van der Waals surface area contributed by atoms with Crippen LogP contribution in [0.3, 0.4) is 0 Å². The van der Waals surface area contributed by atoms with Crippen LogP contribution in [0.25, 0.3) is 0 Å². The first kappa shape index (κ1) is 12.9. The number of benzene rings is 1. The Morgan fingerprint density at radius 2 is 2.11 bits per heavy atom. The van der Waals surface area contributed by atoms with Crippen LogP contribution in [0.4, 0.5) is 11.4 Å². The number of rotatable bonds is 4. The lowest BCUT2D eigenvalue weighted by molar-refractivity contribution is 0.100. The molecule has 0 aliphatic heterocycles. The first-order valence-electron chi connectivity index (χ1n) is 5.94. The van der Waals surface area contributed by atoms with Crippen LogP contribution in [-0.4, -0.2) is 10.9 Å². The summed E-state index contributed by atoms with van der Waals surface area (Å²) in [5.41, 5.74) is 13.3. The second-order valence-electron chi connectivity index (χ2n) is 4.29. The predicted molar refractivity (Wildman–Crippen MR) is 75.6 cm³/mol. The second-order valence-corrected chi connectivity index (χ2v) is 4.29. The monoisotopic (exact) mass is 256 g/mol. The summed E-state index contributed by atoms with van der Waals surface area (Å²) in [5.74, 6) is -0.536. The molecule has 0 spiro atoms. The molecule has 0 fully saturated rings. The van der Waals surface area contributed by atoms with Gasteiger partial charge in [-0.2, -0.15) is 0 Å². The summed E-state index contributed by atoms with van der Waals surface area (Å²) in [4.78, 5) is 15.5. The highest BCUT2D eigenvalue weighted by atomic mass is 16.1. The minimum absolute atomic E-state index is 0.0190. The van der Waals surface area contributed by atoms with Crippen LogP contribution in [0.1, 0.15) is 29.0 Å². The first-order valence-corrected chi connectivity index (χ1v) is 5.94. The SMILES string of the molecule is CC(Nc1ccc(N)c(C(N)=O)c1)c1ccccn1. The van der Waals surface area contributed by atoms with E-state index >= 15 is 0 Å².